The van der Waals surface area contributed by atoms with Crippen LogP contribution in [0, 0.1) is 0 Å². The predicted molar refractivity (Wildman–Crippen MR) is 81.2 cm³/mol. The second-order valence-corrected chi connectivity index (χ2v) is 5.30. The number of hydrogen-bond donors (Lipinski definition) is 2. The first kappa shape index (κ1) is 13.9. The third kappa shape index (κ3) is 3.49. The Hall–Kier alpha value is -1.52. The van der Waals surface area contributed by atoms with E-state index in [-0.39, 0.29) is 5.91 Å². The average Bonchev–Trinajstić information content (AvgIpc) is 2.40. The molecule has 5 heteroatoms. The van der Waals surface area contributed by atoms with Crippen LogP contribution < -0.4 is 11.1 Å². The molecule has 0 unspecified atom stereocenters. The highest BCUT2D eigenvalue weighted by Crippen LogP contribution is 2.19. The van der Waals surface area contributed by atoms with Crippen molar-refractivity contribution >= 4 is 39.1 Å². The van der Waals surface area contributed by atoms with Crippen molar-refractivity contribution in [2.24, 2.45) is 0 Å². The molecule has 0 fully saturated rings. The van der Waals surface area contributed by atoms with Gasteiger partial charge in [0, 0.05) is 21.7 Å². The van der Waals surface area contributed by atoms with Crippen LogP contribution in [0.1, 0.15) is 15.9 Å². The summed E-state index contributed by atoms with van der Waals surface area (Å²) in [5.74, 6) is -0.240. The smallest absolute Gasteiger partial charge is 0.253 e. The highest BCUT2D eigenvalue weighted by Gasteiger charge is 2.10. The highest BCUT2D eigenvalue weighted by molar-refractivity contribution is 9.10. The Morgan fingerprint density at radius 2 is 2.00 bits per heavy atom. The molecule has 0 radical (unpaired) electrons. The number of amides is 1. The van der Waals surface area contributed by atoms with Gasteiger partial charge in [-0.1, -0.05) is 45.7 Å². The third-order valence-corrected chi connectivity index (χ3v) is 3.67. The Bertz CT molecular complexity index is 616. The molecule has 0 aromatic heterocycles. The van der Waals surface area contributed by atoms with Gasteiger partial charge in [0.05, 0.1) is 5.56 Å². The minimum atomic E-state index is -0.240. The van der Waals surface area contributed by atoms with E-state index >= 15 is 0 Å². The number of halogens is 2. The molecule has 0 saturated heterocycles. The average molecular weight is 340 g/mol. The summed E-state index contributed by atoms with van der Waals surface area (Å²) in [6.45, 7) is 0.423. The normalized spacial score (nSPS) is 10.2. The van der Waals surface area contributed by atoms with Crippen LogP contribution in [-0.4, -0.2) is 5.91 Å². The topological polar surface area (TPSA) is 55.1 Å². The van der Waals surface area contributed by atoms with Crippen LogP contribution in [0.5, 0.6) is 0 Å². The van der Waals surface area contributed by atoms with E-state index in [1.807, 2.05) is 24.3 Å². The molecule has 2 aromatic rings. The monoisotopic (exact) mass is 338 g/mol. The summed E-state index contributed by atoms with van der Waals surface area (Å²) in [6, 6.07) is 12.5. The Morgan fingerprint density at radius 3 is 2.74 bits per heavy atom. The van der Waals surface area contributed by atoms with Crippen molar-refractivity contribution in [1.29, 1.82) is 0 Å². The molecule has 98 valence electrons. The lowest BCUT2D eigenvalue weighted by molar-refractivity contribution is 0.0951. The van der Waals surface area contributed by atoms with E-state index in [1.165, 1.54) is 0 Å². The third-order valence-electron chi connectivity index (χ3n) is 2.66. The van der Waals surface area contributed by atoms with E-state index in [4.69, 9.17) is 17.3 Å². The molecule has 2 rings (SSSR count). The molecule has 1 amide bonds. The zero-order chi connectivity index (χ0) is 13.8. The minimum Gasteiger partial charge on any atom is -0.398 e. The zero-order valence-corrected chi connectivity index (χ0v) is 12.3. The van der Waals surface area contributed by atoms with Gasteiger partial charge in [0.1, 0.15) is 0 Å². The van der Waals surface area contributed by atoms with Gasteiger partial charge in [0.25, 0.3) is 5.91 Å². The Morgan fingerprint density at radius 1 is 1.26 bits per heavy atom. The van der Waals surface area contributed by atoms with Crippen LogP contribution in [0.25, 0.3) is 0 Å². The highest BCUT2D eigenvalue weighted by atomic mass is 79.9. The van der Waals surface area contributed by atoms with Gasteiger partial charge in [-0.15, -0.1) is 0 Å². The summed E-state index contributed by atoms with van der Waals surface area (Å²) in [5.41, 5.74) is 7.56. The van der Waals surface area contributed by atoms with Crippen LogP contribution in [0.15, 0.2) is 46.9 Å². The fraction of sp³-hybridized carbons (Fsp3) is 0.0714. The van der Waals surface area contributed by atoms with E-state index in [1.54, 1.807) is 18.2 Å². The van der Waals surface area contributed by atoms with Crippen molar-refractivity contribution < 1.29 is 4.79 Å². The minimum absolute atomic E-state index is 0.240. The molecule has 0 aliphatic rings. The molecular formula is C14H12BrClN2O. The lowest BCUT2D eigenvalue weighted by atomic mass is 10.1. The number of carbonyl (C=O) groups is 1. The number of carbonyl (C=O) groups excluding carboxylic acids is 1. The van der Waals surface area contributed by atoms with E-state index < -0.39 is 0 Å². The number of nitrogen functional groups attached to an aromatic ring is 1. The number of anilines is 1. The van der Waals surface area contributed by atoms with Crippen LogP contribution >= 0.6 is 27.5 Å². The van der Waals surface area contributed by atoms with Gasteiger partial charge in [-0.3, -0.25) is 4.79 Å². The van der Waals surface area contributed by atoms with Crippen LogP contribution in [0.2, 0.25) is 5.02 Å². The fourth-order valence-corrected chi connectivity index (χ4v) is 2.23. The lowest BCUT2D eigenvalue weighted by Gasteiger charge is -2.09. The van der Waals surface area contributed by atoms with Crippen molar-refractivity contribution in [3.05, 3.63) is 63.1 Å². The summed E-state index contributed by atoms with van der Waals surface area (Å²) >= 11 is 9.29. The van der Waals surface area contributed by atoms with E-state index in [0.717, 1.165) is 10.0 Å². The Balaban J connectivity index is 2.10. The fourth-order valence-electron chi connectivity index (χ4n) is 1.64. The van der Waals surface area contributed by atoms with Gasteiger partial charge < -0.3 is 11.1 Å². The molecule has 3 nitrogen and oxygen atoms in total. The molecule has 0 spiro atoms. The van der Waals surface area contributed by atoms with Crippen molar-refractivity contribution in [3.63, 3.8) is 0 Å². The van der Waals surface area contributed by atoms with Gasteiger partial charge in [0.15, 0.2) is 0 Å². The molecule has 3 N–H and O–H groups in total. The standard InChI is InChI=1S/C14H12BrClN2O/c15-12-4-2-1-3-9(12)8-18-14(19)11-7-10(16)5-6-13(11)17/h1-7H,8,17H2,(H,18,19). The Labute approximate surface area is 124 Å². The maximum Gasteiger partial charge on any atom is 0.253 e. The number of benzene rings is 2. The molecule has 0 aliphatic heterocycles. The first-order valence-electron chi connectivity index (χ1n) is 5.64. The van der Waals surface area contributed by atoms with E-state index in [2.05, 4.69) is 21.2 Å². The van der Waals surface area contributed by atoms with Gasteiger partial charge >= 0.3 is 0 Å². The number of rotatable bonds is 3. The molecule has 0 bridgehead atoms. The SMILES string of the molecule is Nc1ccc(Cl)cc1C(=O)NCc1ccccc1Br. The summed E-state index contributed by atoms with van der Waals surface area (Å²) in [4.78, 5) is 12.0. The summed E-state index contributed by atoms with van der Waals surface area (Å²) in [6.07, 6.45) is 0. The second kappa shape index (κ2) is 6.08. The quantitative estimate of drug-likeness (QED) is 0.839. The number of nitrogens with two attached hydrogens (primary N) is 1. The molecular weight excluding hydrogens is 328 g/mol. The van der Waals surface area contributed by atoms with Crippen molar-refractivity contribution in [1.82, 2.24) is 5.32 Å². The second-order valence-electron chi connectivity index (χ2n) is 4.01. The largest absolute Gasteiger partial charge is 0.398 e. The Kier molecular flexibility index (Phi) is 4.45. The van der Waals surface area contributed by atoms with Gasteiger partial charge in [-0.2, -0.15) is 0 Å². The molecule has 0 atom stereocenters. The number of nitrogens with one attached hydrogen (secondary N) is 1. The van der Waals surface area contributed by atoms with Crippen LogP contribution in [0.3, 0.4) is 0 Å². The van der Waals surface area contributed by atoms with E-state index in [0.29, 0.717) is 22.8 Å². The zero-order valence-electron chi connectivity index (χ0n) is 9.99. The van der Waals surface area contributed by atoms with Crippen molar-refractivity contribution in [2.45, 2.75) is 6.54 Å². The molecule has 19 heavy (non-hydrogen) atoms. The molecule has 2 aromatic carbocycles. The van der Waals surface area contributed by atoms with Crippen LogP contribution in [0.4, 0.5) is 5.69 Å². The number of hydrogen-bond acceptors (Lipinski definition) is 2. The van der Waals surface area contributed by atoms with Crippen molar-refractivity contribution in [3.8, 4) is 0 Å². The predicted octanol–water partition coefficient (Wildman–Crippen LogP) is 3.61. The van der Waals surface area contributed by atoms with Crippen LogP contribution in [-0.2, 0) is 6.54 Å². The van der Waals surface area contributed by atoms with Gasteiger partial charge in [-0.25, -0.2) is 0 Å². The first-order valence-corrected chi connectivity index (χ1v) is 6.81. The molecule has 0 heterocycles. The summed E-state index contributed by atoms with van der Waals surface area (Å²) in [5, 5.41) is 3.30. The summed E-state index contributed by atoms with van der Waals surface area (Å²) in [7, 11) is 0. The van der Waals surface area contributed by atoms with E-state index in [9.17, 15) is 4.79 Å². The van der Waals surface area contributed by atoms with Gasteiger partial charge in [-0.05, 0) is 29.8 Å². The maximum absolute atomic E-state index is 12.0. The maximum atomic E-state index is 12.0. The summed E-state index contributed by atoms with van der Waals surface area (Å²) < 4.78 is 0.953. The van der Waals surface area contributed by atoms with Crippen molar-refractivity contribution in [2.75, 3.05) is 5.73 Å². The van der Waals surface area contributed by atoms with Gasteiger partial charge in [0.2, 0.25) is 0 Å². The molecule has 0 aliphatic carbocycles. The molecule has 0 saturated carbocycles. The first-order chi connectivity index (χ1) is 9.08. The lowest BCUT2D eigenvalue weighted by Crippen LogP contribution is -2.24.